The molecule has 0 heterocycles. The van der Waals surface area contributed by atoms with E-state index >= 15 is 0 Å². The highest BCUT2D eigenvalue weighted by atomic mass is 16.5. The van der Waals surface area contributed by atoms with Crippen molar-refractivity contribution in [1.82, 2.24) is 0 Å². The maximum atomic E-state index is 11.2. The largest absolute Gasteiger partial charge is 0.377 e. The molecule has 0 fully saturated rings. The predicted octanol–water partition coefficient (Wildman–Crippen LogP) is 1.89. The highest BCUT2D eigenvalue weighted by Gasteiger charge is 2.02. The molecule has 12 heavy (non-hydrogen) atoms. The maximum absolute atomic E-state index is 11.2. The molecule has 0 radical (unpaired) electrons. The standard InChI is InChI=1S/C10H14O2/c1-4-6-7-9(5-2)10(11)8-12-3/h4-7H,1,8H2,2-3H3/b7-6-,9-5+. The highest BCUT2D eigenvalue weighted by molar-refractivity contribution is 5.98. The molecule has 0 saturated carbocycles. The van der Waals surface area contributed by atoms with Crippen LogP contribution in [-0.2, 0) is 9.53 Å². The molecule has 0 aliphatic carbocycles. The molecule has 0 aromatic rings. The fourth-order valence-corrected chi connectivity index (χ4v) is 0.736. The number of carbonyl (C=O) groups excluding carboxylic acids is 1. The van der Waals surface area contributed by atoms with Crippen molar-refractivity contribution in [2.24, 2.45) is 0 Å². The Balaban J connectivity index is 4.26. The molecule has 0 aliphatic rings. The molecule has 2 heteroatoms. The van der Waals surface area contributed by atoms with Crippen molar-refractivity contribution in [3.8, 4) is 0 Å². The van der Waals surface area contributed by atoms with Crippen LogP contribution in [0.1, 0.15) is 6.92 Å². The van der Waals surface area contributed by atoms with Crippen molar-refractivity contribution >= 4 is 5.78 Å². The minimum atomic E-state index is -0.0156. The smallest absolute Gasteiger partial charge is 0.188 e. The summed E-state index contributed by atoms with van der Waals surface area (Å²) in [6.07, 6.45) is 6.82. The Morgan fingerprint density at radius 2 is 2.25 bits per heavy atom. The first-order valence-electron chi connectivity index (χ1n) is 3.73. The van der Waals surface area contributed by atoms with Crippen LogP contribution < -0.4 is 0 Å². The zero-order chi connectivity index (χ0) is 9.40. The molecule has 66 valence electrons. The van der Waals surface area contributed by atoms with Crippen molar-refractivity contribution < 1.29 is 9.53 Å². The van der Waals surface area contributed by atoms with Gasteiger partial charge in [-0.2, -0.15) is 0 Å². The fraction of sp³-hybridized carbons (Fsp3) is 0.300. The Bertz CT molecular complexity index is 212. The van der Waals surface area contributed by atoms with Gasteiger partial charge in [0.2, 0.25) is 0 Å². The van der Waals surface area contributed by atoms with Crippen molar-refractivity contribution in [3.63, 3.8) is 0 Å². The van der Waals surface area contributed by atoms with Crippen LogP contribution in [0.15, 0.2) is 36.5 Å². The van der Waals surface area contributed by atoms with E-state index in [9.17, 15) is 4.79 Å². The summed E-state index contributed by atoms with van der Waals surface area (Å²) in [4.78, 5) is 11.2. The van der Waals surface area contributed by atoms with E-state index in [0.29, 0.717) is 5.57 Å². The number of allylic oxidation sites excluding steroid dienone is 4. The van der Waals surface area contributed by atoms with Crippen molar-refractivity contribution in [2.75, 3.05) is 13.7 Å². The van der Waals surface area contributed by atoms with Gasteiger partial charge in [-0.15, -0.1) is 0 Å². The molecule has 2 nitrogen and oxygen atoms in total. The number of methoxy groups -OCH3 is 1. The molecule has 0 aromatic heterocycles. The van der Waals surface area contributed by atoms with E-state index in [1.165, 1.54) is 7.11 Å². The van der Waals surface area contributed by atoms with Gasteiger partial charge in [0, 0.05) is 12.7 Å². The molecule has 0 atom stereocenters. The summed E-state index contributed by atoms with van der Waals surface area (Å²) in [5, 5.41) is 0. The van der Waals surface area contributed by atoms with E-state index in [2.05, 4.69) is 6.58 Å². The Kier molecular flexibility index (Phi) is 5.93. The number of carbonyl (C=O) groups is 1. The van der Waals surface area contributed by atoms with Gasteiger partial charge < -0.3 is 4.74 Å². The molecule has 0 aromatic carbocycles. The van der Waals surface area contributed by atoms with Crippen LogP contribution in [0.3, 0.4) is 0 Å². The van der Waals surface area contributed by atoms with Gasteiger partial charge in [0.25, 0.3) is 0 Å². The van der Waals surface area contributed by atoms with Gasteiger partial charge in [0.1, 0.15) is 6.61 Å². The Labute approximate surface area is 73.2 Å². The number of hydrogen-bond donors (Lipinski definition) is 0. The van der Waals surface area contributed by atoms with Crippen LogP contribution in [-0.4, -0.2) is 19.5 Å². The van der Waals surface area contributed by atoms with E-state index in [-0.39, 0.29) is 12.4 Å². The lowest BCUT2D eigenvalue weighted by atomic mass is 10.1. The van der Waals surface area contributed by atoms with Gasteiger partial charge in [-0.25, -0.2) is 0 Å². The van der Waals surface area contributed by atoms with Gasteiger partial charge >= 0.3 is 0 Å². The summed E-state index contributed by atoms with van der Waals surface area (Å²) in [6, 6.07) is 0. The van der Waals surface area contributed by atoms with Crippen LogP contribution in [0.25, 0.3) is 0 Å². The topological polar surface area (TPSA) is 26.3 Å². The molecule has 0 unspecified atom stereocenters. The lowest BCUT2D eigenvalue weighted by Gasteiger charge is -1.98. The van der Waals surface area contributed by atoms with E-state index in [1.54, 1.807) is 24.3 Å². The second-order valence-corrected chi connectivity index (χ2v) is 2.20. The first-order chi connectivity index (χ1) is 5.76. The third kappa shape index (κ3) is 3.88. The molecule has 0 N–H and O–H groups in total. The van der Waals surface area contributed by atoms with Crippen LogP contribution in [0.5, 0.6) is 0 Å². The van der Waals surface area contributed by atoms with E-state index in [0.717, 1.165) is 0 Å². The summed E-state index contributed by atoms with van der Waals surface area (Å²) in [5.74, 6) is -0.0156. The highest BCUT2D eigenvalue weighted by Crippen LogP contribution is 1.99. The molecular weight excluding hydrogens is 152 g/mol. The van der Waals surface area contributed by atoms with Gasteiger partial charge in [-0.3, -0.25) is 4.79 Å². The summed E-state index contributed by atoms with van der Waals surface area (Å²) < 4.78 is 4.72. The average Bonchev–Trinajstić information content (AvgIpc) is 2.06. The predicted molar refractivity (Wildman–Crippen MR) is 50.0 cm³/mol. The van der Waals surface area contributed by atoms with Gasteiger partial charge in [0.05, 0.1) is 0 Å². The quantitative estimate of drug-likeness (QED) is 0.460. The summed E-state index contributed by atoms with van der Waals surface area (Å²) in [7, 11) is 1.50. The van der Waals surface area contributed by atoms with Gasteiger partial charge in [-0.1, -0.05) is 30.9 Å². The molecule has 0 spiro atoms. The summed E-state index contributed by atoms with van der Waals surface area (Å²) >= 11 is 0. The van der Waals surface area contributed by atoms with E-state index in [4.69, 9.17) is 4.74 Å². The average molecular weight is 166 g/mol. The van der Waals surface area contributed by atoms with Crippen LogP contribution in [0.2, 0.25) is 0 Å². The number of Topliss-reactive ketones (excluding diaryl/α,β-unsaturated/α-hetero) is 1. The number of rotatable bonds is 5. The summed E-state index contributed by atoms with van der Waals surface area (Å²) in [5.41, 5.74) is 0.650. The third-order valence-electron chi connectivity index (χ3n) is 1.32. The number of ketones is 1. The second-order valence-electron chi connectivity index (χ2n) is 2.20. The Morgan fingerprint density at radius 1 is 1.58 bits per heavy atom. The zero-order valence-electron chi connectivity index (χ0n) is 7.54. The number of ether oxygens (including phenoxy) is 1. The Morgan fingerprint density at radius 3 is 2.67 bits per heavy atom. The van der Waals surface area contributed by atoms with E-state index in [1.807, 2.05) is 6.92 Å². The maximum Gasteiger partial charge on any atom is 0.188 e. The van der Waals surface area contributed by atoms with Crippen LogP contribution in [0, 0.1) is 0 Å². The Hall–Kier alpha value is -1.15. The first kappa shape index (κ1) is 10.8. The van der Waals surface area contributed by atoms with Gasteiger partial charge in [-0.05, 0) is 6.92 Å². The number of hydrogen-bond acceptors (Lipinski definition) is 2. The molecule has 0 amide bonds. The lowest BCUT2D eigenvalue weighted by molar-refractivity contribution is -0.118. The van der Waals surface area contributed by atoms with Crippen molar-refractivity contribution in [2.45, 2.75) is 6.92 Å². The second kappa shape index (κ2) is 6.55. The van der Waals surface area contributed by atoms with Crippen molar-refractivity contribution in [1.29, 1.82) is 0 Å². The third-order valence-corrected chi connectivity index (χ3v) is 1.32. The fourth-order valence-electron chi connectivity index (χ4n) is 0.736. The summed E-state index contributed by atoms with van der Waals surface area (Å²) in [6.45, 7) is 5.46. The molecule has 0 bridgehead atoms. The van der Waals surface area contributed by atoms with Gasteiger partial charge in [0.15, 0.2) is 5.78 Å². The molecular formula is C10H14O2. The molecule has 0 rings (SSSR count). The normalized spacial score (nSPS) is 12.0. The van der Waals surface area contributed by atoms with E-state index < -0.39 is 0 Å². The zero-order valence-corrected chi connectivity index (χ0v) is 7.54. The minimum Gasteiger partial charge on any atom is -0.377 e. The SMILES string of the molecule is C=C/C=C\C(=C/C)C(=O)COC. The van der Waals surface area contributed by atoms with Crippen molar-refractivity contribution in [3.05, 3.63) is 36.5 Å². The first-order valence-corrected chi connectivity index (χ1v) is 3.73. The minimum absolute atomic E-state index is 0.0156. The molecule has 0 aliphatic heterocycles. The molecule has 0 saturated heterocycles. The monoisotopic (exact) mass is 166 g/mol. The van der Waals surface area contributed by atoms with Crippen LogP contribution >= 0.6 is 0 Å². The van der Waals surface area contributed by atoms with Crippen LogP contribution in [0.4, 0.5) is 0 Å². The lowest BCUT2D eigenvalue weighted by Crippen LogP contribution is -2.07.